The van der Waals surface area contributed by atoms with Gasteiger partial charge in [-0.1, -0.05) is 29.3 Å². The lowest BCUT2D eigenvalue weighted by molar-refractivity contribution is -0.114. The Bertz CT molecular complexity index is 1220. The number of amides is 1. The van der Waals surface area contributed by atoms with Crippen molar-refractivity contribution in [2.24, 2.45) is 0 Å². The van der Waals surface area contributed by atoms with E-state index >= 15 is 0 Å². The van der Waals surface area contributed by atoms with Crippen molar-refractivity contribution in [3.8, 4) is 11.5 Å². The minimum Gasteiger partial charge on any atom is -0.497 e. The number of carbonyl (C=O) groups is 1. The van der Waals surface area contributed by atoms with Gasteiger partial charge < -0.3 is 14.8 Å². The Labute approximate surface area is 196 Å². The van der Waals surface area contributed by atoms with E-state index in [1.165, 1.54) is 44.6 Å². The number of benzene rings is 3. The summed E-state index contributed by atoms with van der Waals surface area (Å²) in [5.41, 5.74) is 0.609. The van der Waals surface area contributed by atoms with E-state index in [2.05, 4.69) is 5.32 Å². The molecule has 32 heavy (non-hydrogen) atoms. The van der Waals surface area contributed by atoms with E-state index in [1.54, 1.807) is 36.4 Å². The molecule has 168 valence electrons. The second-order valence-corrected chi connectivity index (χ2v) is 9.30. The minimum absolute atomic E-state index is 0.0169. The van der Waals surface area contributed by atoms with E-state index < -0.39 is 22.5 Å². The molecule has 0 aliphatic rings. The SMILES string of the molecule is COc1ccc(NC(=O)CN(c2cccc(Cl)c2)S(=O)(=O)c2ccc(Cl)cc2)c(OC)c1. The number of hydrogen-bond acceptors (Lipinski definition) is 5. The quantitative estimate of drug-likeness (QED) is 0.483. The molecule has 7 nitrogen and oxygen atoms in total. The molecule has 3 aromatic carbocycles. The Morgan fingerprint density at radius 1 is 0.938 bits per heavy atom. The summed E-state index contributed by atoms with van der Waals surface area (Å²) in [5.74, 6) is 0.337. The van der Waals surface area contributed by atoms with Crippen molar-refractivity contribution < 1.29 is 22.7 Å². The number of nitrogens with one attached hydrogen (secondary N) is 1. The highest BCUT2D eigenvalue weighted by Crippen LogP contribution is 2.30. The molecule has 1 N–H and O–H groups in total. The van der Waals surface area contributed by atoms with Gasteiger partial charge in [-0.3, -0.25) is 9.10 Å². The third-order valence-corrected chi connectivity index (χ3v) is 6.74. The normalized spacial score (nSPS) is 11.0. The van der Waals surface area contributed by atoms with E-state index in [4.69, 9.17) is 32.7 Å². The van der Waals surface area contributed by atoms with Gasteiger partial charge in [-0.25, -0.2) is 8.42 Å². The van der Waals surface area contributed by atoms with Crippen LogP contribution in [0.4, 0.5) is 11.4 Å². The topological polar surface area (TPSA) is 84.9 Å². The Kier molecular flexibility index (Phi) is 7.50. The first kappa shape index (κ1) is 23.7. The fourth-order valence-corrected chi connectivity index (χ4v) is 4.63. The molecule has 0 fully saturated rings. The fraction of sp³-hybridized carbons (Fsp3) is 0.136. The van der Waals surface area contributed by atoms with Gasteiger partial charge in [0.25, 0.3) is 10.0 Å². The summed E-state index contributed by atoms with van der Waals surface area (Å²) in [6.45, 7) is -0.500. The van der Waals surface area contributed by atoms with Gasteiger partial charge in [-0.2, -0.15) is 0 Å². The molecule has 0 aliphatic heterocycles. The highest BCUT2D eigenvalue weighted by Gasteiger charge is 2.27. The highest BCUT2D eigenvalue weighted by molar-refractivity contribution is 7.92. The van der Waals surface area contributed by atoms with Gasteiger partial charge in [-0.05, 0) is 54.6 Å². The number of rotatable bonds is 8. The van der Waals surface area contributed by atoms with Crippen LogP contribution in [0.5, 0.6) is 11.5 Å². The number of ether oxygens (including phenoxy) is 2. The number of hydrogen-bond donors (Lipinski definition) is 1. The summed E-state index contributed by atoms with van der Waals surface area (Å²) in [6.07, 6.45) is 0. The molecule has 0 spiro atoms. The maximum atomic E-state index is 13.4. The number of methoxy groups -OCH3 is 2. The molecule has 0 aliphatic carbocycles. The van der Waals surface area contributed by atoms with Crippen molar-refractivity contribution in [1.82, 2.24) is 0 Å². The van der Waals surface area contributed by atoms with Gasteiger partial charge in [0.05, 0.1) is 30.5 Å². The van der Waals surface area contributed by atoms with Crippen LogP contribution in [-0.2, 0) is 14.8 Å². The Morgan fingerprint density at radius 2 is 1.66 bits per heavy atom. The van der Waals surface area contributed by atoms with Gasteiger partial charge >= 0.3 is 0 Å². The summed E-state index contributed by atoms with van der Waals surface area (Å²) in [7, 11) is -1.13. The lowest BCUT2D eigenvalue weighted by Crippen LogP contribution is -2.38. The van der Waals surface area contributed by atoms with Crippen LogP contribution >= 0.6 is 23.2 Å². The Morgan fingerprint density at radius 3 is 2.28 bits per heavy atom. The average Bonchev–Trinajstić information content (AvgIpc) is 2.78. The van der Waals surface area contributed by atoms with E-state index in [-0.39, 0.29) is 10.6 Å². The van der Waals surface area contributed by atoms with Crippen molar-refractivity contribution in [3.05, 3.63) is 76.8 Å². The molecule has 0 heterocycles. The van der Waals surface area contributed by atoms with Crippen LogP contribution in [0.2, 0.25) is 10.0 Å². The largest absolute Gasteiger partial charge is 0.497 e. The van der Waals surface area contributed by atoms with Crippen LogP contribution < -0.4 is 19.1 Å². The molecule has 0 unspecified atom stereocenters. The molecule has 10 heteroatoms. The number of anilines is 2. The Hall–Kier alpha value is -2.94. The summed E-state index contributed by atoms with van der Waals surface area (Å²) >= 11 is 12.0. The highest BCUT2D eigenvalue weighted by atomic mass is 35.5. The monoisotopic (exact) mass is 494 g/mol. The molecule has 0 atom stereocenters. The first-order chi connectivity index (χ1) is 15.2. The number of nitrogens with zero attached hydrogens (tertiary/aromatic N) is 1. The first-order valence-electron chi connectivity index (χ1n) is 9.30. The molecule has 0 saturated carbocycles. The lowest BCUT2D eigenvalue weighted by Gasteiger charge is -2.24. The standard InChI is InChI=1S/C22H20Cl2N2O5S/c1-30-18-8-11-20(21(13-18)31-2)25-22(27)14-26(17-5-3-4-16(24)12-17)32(28,29)19-9-6-15(23)7-10-19/h3-13H,14H2,1-2H3,(H,25,27). The fourth-order valence-electron chi connectivity index (χ4n) is 2.90. The molecule has 0 saturated heterocycles. The molecule has 0 aromatic heterocycles. The van der Waals surface area contributed by atoms with Crippen LogP contribution in [0, 0.1) is 0 Å². The third kappa shape index (κ3) is 5.45. The van der Waals surface area contributed by atoms with Gasteiger partial charge in [-0.15, -0.1) is 0 Å². The minimum atomic E-state index is -4.10. The van der Waals surface area contributed by atoms with Crippen LogP contribution in [0.15, 0.2) is 71.6 Å². The van der Waals surface area contributed by atoms with Gasteiger partial charge in [0, 0.05) is 16.1 Å². The summed E-state index contributed by atoms with van der Waals surface area (Å²) < 4.78 is 38.2. The zero-order chi connectivity index (χ0) is 23.3. The molecule has 3 aromatic rings. The van der Waals surface area contributed by atoms with Crippen LogP contribution in [0.3, 0.4) is 0 Å². The molecule has 1 amide bonds. The van der Waals surface area contributed by atoms with Crippen molar-refractivity contribution in [2.45, 2.75) is 4.90 Å². The zero-order valence-electron chi connectivity index (χ0n) is 17.2. The third-order valence-electron chi connectivity index (χ3n) is 4.47. The molecular weight excluding hydrogens is 475 g/mol. The van der Waals surface area contributed by atoms with Gasteiger partial charge in [0.15, 0.2) is 0 Å². The van der Waals surface area contributed by atoms with Crippen LogP contribution in [-0.4, -0.2) is 35.1 Å². The van der Waals surface area contributed by atoms with Crippen LogP contribution in [0.1, 0.15) is 0 Å². The zero-order valence-corrected chi connectivity index (χ0v) is 19.5. The van der Waals surface area contributed by atoms with E-state index in [9.17, 15) is 13.2 Å². The predicted molar refractivity (Wildman–Crippen MR) is 126 cm³/mol. The molecule has 0 bridgehead atoms. The van der Waals surface area contributed by atoms with Crippen molar-refractivity contribution in [3.63, 3.8) is 0 Å². The van der Waals surface area contributed by atoms with E-state index in [1.807, 2.05) is 0 Å². The van der Waals surface area contributed by atoms with Crippen LogP contribution in [0.25, 0.3) is 0 Å². The first-order valence-corrected chi connectivity index (χ1v) is 11.5. The second kappa shape index (κ2) is 10.1. The number of sulfonamides is 1. The number of halogens is 2. The summed E-state index contributed by atoms with van der Waals surface area (Å²) in [4.78, 5) is 12.9. The maximum absolute atomic E-state index is 13.4. The molecular formula is C22H20Cl2N2O5S. The van der Waals surface area contributed by atoms with Crippen molar-refractivity contribution in [1.29, 1.82) is 0 Å². The van der Waals surface area contributed by atoms with E-state index in [0.29, 0.717) is 27.2 Å². The summed E-state index contributed by atoms with van der Waals surface area (Å²) in [6, 6.07) is 16.8. The second-order valence-electron chi connectivity index (χ2n) is 6.56. The van der Waals surface area contributed by atoms with Gasteiger partial charge in [0.2, 0.25) is 5.91 Å². The smallest absolute Gasteiger partial charge is 0.264 e. The van der Waals surface area contributed by atoms with Crippen molar-refractivity contribution in [2.75, 3.05) is 30.4 Å². The van der Waals surface area contributed by atoms with Crippen molar-refractivity contribution >= 4 is 50.5 Å². The summed E-state index contributed by atoms with van der Waals surface area (Å²) in [5, 5.41) is 3.40. The van der Waals surface area contributed by atoms with E-state index in [0.717, 1.165) is 4.31 Å². The maximum Gasteiger partial charge on any atom is 0.264 e. The van der Waals surface area contributed by atoms with Gasteiger partial charge in [0.1, 0.15) is 18.0 Å². The lowest BCUT2D eigenvalue weighted by atomic mass is 10.2. The average molecular weight is 495 g/mol. The molecule has 0 radical (unpaired) electrons. The number of carbonyl (C=O) groups excluding carboxylic acids is 1. The molecule has 3 rings (SSSR count). The predicted octanol–water partition coefficient (Wildman–Crippen LogP) is 4.84. The Balaban J connectivity index is 1.94.